The lowest BCUT2D eigenvalue weighted by Crippen LogP contribution is -2.11. The third-order valence-electron chi connectivity index (χ3n) is 2.92. The van der Waals surface area contributed by atoms with Crippen LogP contribution in [0.15, 0.2) is 28.9 Å². The number of hydrogen-bond donors (Lipinski definition) is 1. The van der Waals surface area contributed by atoms with E-state index in [1.807, 2.05) is 12.1 Å². The van der Waals surface area contributed by atoms with Gasteiger partial charge in [-0.3, -0.25) is 4.79 Å². The molecule has 0 radical (unpaired) electrons. The smallest absolute Gasteiger partial charge is 0.217 e. The Morgan fingerprint density at radius 3 is 3.00 bits per heavy atom. The van der Waals surface area contributed by atoms with Crippen LogP contribution in [0.2, 0.25) is 0 Å². The Balaban J connectivity index is 2.28. The molecule has 1 heterocycles. The molecule has 0 saturated heterocycles. The number of rotatable bonds is 4. The molecule has 1 amide bonds. The highest BCUT2D eigenvalue weighted by molar-refractivity contribution is 14.1. The quantitative estimate of drug-likeness (QED) is 0.865. The number of hydrogen-bond acceptors (Lipinski definition) is 2. The minimum absolute atomic E-state index is 0.251. The molecule has 2 rings (SSSR count). The van der Waals surface area contributed by atoms with Gasteiger partial charge in [-0.1, -0.05) is 6.92 Å². The third kappa shape index (κ3) is 2.80. The van der Waals surface area contributed by atoms with Gasteiger partial charge in [0.1, 0.15) is 5.58 Å². The van der Waals surface area contributed by atoms with Gasteiger partial charge >= 0.3 is 0 Å². The van der Waals surface area contributed by atoms with Gasteiger partial charge < -0.3 is 10.2 Å². The maximum atomic E-state index is 10.8. The van der Waals surface area contributed by atoms with E-state index < -0.39 is 0 Å². The maximum absolute atomic E-state index is 10.8. The van der Waals surface area contributed by atoms with Crippen molar-refractivity contribution in [1.82, 2.24) is 0 Å². The molecule has 1 aromatic heterocycles. The first-order valence-corrected chi connectivity index (χ1v) is 6.60. The number of fused-ring (bicyclic) bond motifs is 1. The first-order chi connectivity index (χ1) is 8.08. The van der Waals surface area contributed by atoms with E-state index in [2.05, 4.69) is 35.6 Å². The summed E-state index contributed by atoms with van der Waals surface area (Å²) in [5, 5.41) is 1.13. The zero-order chi connectivity index (χ0) is 12.4. The third-order valence-corrected chi connectivity index (χ3v) is 3.59. The van der Waals surface area contributed by atoms with Crippen molar-refractivity contribution < 1.29 is 9.21 Å². The van der Waals surface area contributed by atoms with Crippen molar-refractivity contribution in [3.8, 4) is 0 Å². The molecule has 1 atom stereocenters. The molecule has 2 aromatic rings. The number of carbonyl (C=O) groups excluding carboxylic acids is 1. The Morgan fingerprint density at radius 2 is 2.29 bits per heavy atom. The van der Waals surface area contributed by atoms with Gasteiger partial charge in [0.05, 0.1) is 6.26 Å². The molecule has 90 valence electrons. The monoisotopic (exact) mass is 343 g/mol. The van der Waals surface area contributed by atoms with Gasteiger partial charge in [0.15, 0.2) is 0 Å². The highest BCUT2D eigenvalue weighted by Crippen LogP contribution is 2.31. The lowest BCUT2D eigenvalue weighted by atomic mass is 9.96. The summed E-state index contributed by atoms with van der Waals surface area (Å²) in [6.45, 7) is 2.09. The van der Waals surface area contributed by atoms with E-state index in [0.29, 0.717) is 6.42 Å². The molecule has 3 nitrogen and oxygen atoms in total. The Bertz CT molecular complexity index is 547. The average molecular weight is 343 g/mol. The van der Waals surface area contributed by atoms with E-state index in [0.717, 1.165) is 23.0 Å². The molecule has 0 fully saturated rings. The lowest BCUT2D eigenvalue weighted by molar-refractivity contribution is -0.118. The number of nitrogens with two attached hydrogens (primary N) is 1. The summed E-state index contributed by atoms with van der Waals surface area (Å²) in [5.41, 5.74) is 7.21. The summed E-state index contributed by atoms with van der Waals surface area (Å²) in [7, 11) is 0. The Kier molecular flexibility index (Phi) is 3.71. The van der Waals surface area contributed by atoms with E-state index in [1.165, 1.54) is 3.57 Å². The normalized spacial score (nSPS) is 12.8. The topological polar surface area (TPSA) is 56.2 Å². The molecule has 0 aliphatic carbocycles. The van der Waals surface area contributed by atoms with Gasteiger partial charge in [0.25, 0.3) is 0 Å². The van der Waals surface area contributed by atoms with Gasteiger partial charge in [0.2, 0.25) is 5.91 Å². The second-order valence-electron chi connectivity index (χ2n) is 4.24. The molecule has 0 saturated carbocycles. The fraction of sp³-hybridized carbons (Fsp3) is 0.308. The van der Waals surface area contributed by atoms with Gasteiger partial charge in [0, 0.05) is 20.9 Å². The van der Waals surface area contributed by atoms with Gasteiger partial charge in [-0.15, -0.1) is 0 Å². The van der Waals surface area contributed by atoms with Crippen LogP contribution in [0.25, 0.3) is 11.0 Å². The zero-order valence-electron chi connectivity index (χ0n) is 9.57. The summed E-state index contributed by atoms with van der Waals surface area (Å²) in [4.78, 5) is 10.8. The summed E-state index contributed by atoms with van der Waals surface area (Å²) < 4.78 is 6.69. The van der Waals surface area contributed by atoms with Crippen LogP contribution in [-0.2, 0) is 4.79 Å². The number of amides is 1. The molecular formula is C13H14INO2. The Morgan fingerprint density at radius 1 is 1.53 bits per heavy atom. The summed E-state index contributed by atoms with van der Waals surface area (Å²) >= 11 is 2.28. The fourth-order valence-electron chi connectivity index (χ4n) is 1.92. The van der Waals surface area contributed by atoms with Crippen molar-refractivity contribution in [2.45, 2.75) is 25.7 Å². The predicted molar refractivity (Wildman–Crippen MR) is 75.8 cm³/mol. The summed E-state index contributed by atoms with van der Waals surface area (Å²) in [6.07, 6.45) is 2.96. The number of halogens is 1. The molecule has 0 aliphatic heterocycles. The summed E-state index contributed by atoms with van der Waals surface area (Å²) in [6, 6.07) is 6.10. The molecule has 0 aliphatic rings. The van der Waals surface area contributed by atoms with Crippen molar-refractivity contribution in [1.29, 1.82) is 0 Å². The number of benzene rings is 1. The van der Waals surface area contributed by atoms with E-state index in [9.17, 15) is 4.79 Å². The number of primary amides is 1. The van der Waals surface area contributed by atoms with Crippen molar-refractivity contribution in [3.05, 3.63) is 33.6 Å². The first kappa shape index (κ1) is 12.4. The van der Waals surface area contributed by atoms with Crippen molar-refractivity contribution >= 4 is 39.5 Å². The van der Waals surface area contributed by atoms with Crippen molar-refractivity contribution in [2.75, 3.05) is 0 Å². The van der Waals surface area contributed by atoms with Crippen LogP contribution in [0.1, 0.15) is 31.2 Å². The number of carbonyl (C=O) groups is 1. The number of furan rings is 1. The minimum atomic E-state index is -0.251. The second-order valence-corrected chi connectivity index (χ2v) is 5.48. The molecule has 17 heavy (non-hydrogen) atoms. The first-order valence-electron chi connectivity index (χ1n) is 5.53. The SMILES string of the molecule is CC(CCC(N)=O)c1coc2ccc(I)cc12. The maximum Gasteiger partial charge on any atom is 0.217 e. The van der Waals surface area contributed by atoms with Crippen molar-refractivity contribution in [2.24, 2.45) is 5.73 Å². The lowest BCUT2D eigenvalue weighted by Gasteiger charge is -2.08. The molecule has 0 spiro atoms. The van der Waals surface area contributed by atoms with Crippen LogP contribution in [0.3, 0.4) is 0 Å². The van der Waals surface area contributed by atoms with Gasteiger partial charge in [-0.05, 0) is 53.1 Å². The van der Waals surface area contributed by atoms with Crippen LogP contribution in [0.5, 0.6) is 0 Å². The Labute approximate surface area is 113 Å². The summed E-state index contributed by atoms with van der Waals surface area (Å²) in [5.74, 6) is 0.0289. The van der Waals surface area contributed by atoms with Crippen molar-refractivity contribution in [3.63, 3.8) is 0 Å². The highest BCUT2D eigenvalue weighted by Gasteiger charge is 2.13. The van der Waals surface area contributed by atoms with E-state index >= 15 is 0 Å². The van der Waals surface area contributed by atoms with Gasteiger partial charge in [-0.2, -0.15) is 0 Å². The molecule has 1 unspecified atom stereocenters. The molecule has 0 bridgehead atoms. The second kappa shape index (κ2) is 5.08. The van der Waals surface area contributed by atoms with Crippen LogP contribution in [0.4, 0.5) is 0 Å². The molecule has 4 heteroatoms. The van der Waals surface area contributed by atoms with Crippen LogP contribution in [0, 0.1) is 3.57 Å². The fourth-order valence-corrected chi connectivity index (χ4v) is 2.41. The van der Waals surface area contributed by atoms with Crippen LogP contribution in [-0.4, -0.2) is 5.91 Å². The molecule has 2 N–H and O–H groups in total. The zero-order valence-corrected chi connectivity index (χ0v) is 11.7. The van der Waals surface area contributed by atoms with Crippen LogP contribution >= 0.6 is 22.6 Å². The van der Waals surface area contributed by atoms with E-state index in [4.69, 9.17) is 10.2 Å². The van der Waals surface area contributed by atoms with Crippen LogP contribution < -0.4 is 5.73 Å². The van der Waals surface area contributed by atoms with E-state index in [1.54, 1.807) is 6.26 Å². The predicted octanol–water partition coefficient (Wildman–Crippen LogP) is 3.41. The standard InChI is InChI=1S/C13H14INO2/c1-8(2-5-13(15)16)11-7-17-12-4-3-9(14)6-10(11)12/h3-4,6-8H,2,5H2,1H3,(H2,15,16). The largest absolute Gasteiger partial charge is 0.464 e. The van der Waals surface area contributed by atoms with Gasteiger partial charge in [-0.25, -0.2) is 0 Å². The molecular weight excluding hydrogens is 329 g/mol. The average Bonchev–Trinajstić information content (AvgIpc) is 2.68. The molecule has 1 aromatic carbocycles. The Hall–Kier alpha value is -1.04. The minimum Gasteiger partial charge on any atom is -0.464 e. The highest BCUT2D eigenvalue weighted by atomic mass is 127. The van der Waals surface area contributed by atoms with E-state index in [-0.39, 0.29) is 11.8 Å².